The SMILES string of the molecule is O=C1CCCC1C1CCCCN1C(=O)C1COCCO1. The van der Waals surface area contributed by atoms with Gasteiger partial charge in [0.25, 0.3) is 5.91 Å². The van der Waals surface area contributed by atoms with Crippen molar-refractivity contribution >= 4 is 11.7 Å². The maximum Gasteiger partial charge on any atom is 0.254 e. The number of ketones is 1. The van der Waals surface area contributed by atoms with Crippen molar-refractivity contribution in [3.05, 3.63) is 0 Å². The van der Waals surface area contributed by atoms with Crippen molar-refractivity contribution in [3.63, 3.8) is 0 Å². The van der Waals surface area contributed by atoms with Crippen LogP contribution in [0.25, 0.3) is 0 Å². The number of ether oxygens (including phenoxy) is 2. The molecule has 2 heterocycles. The third-order valence-electron chi connectivity index (χ3n) is 4.74. The summed E-state index contributed by atoms with van der Waals surface area (Å²) in [6, 6.07) is 0.0942. The van der Waals surface area contributed by atoms with E-state index in [1.807, 2.05) is 4.90 Å². The van der Waals surface area contributed by atoms with Crippen LogP contribution in [0.1, 0.15) is 38.5 Å². The molecular formula is C15H23NO4. The minimum atomic E-state index is -0.471. The highest BCUT2D eigenvalue weighted by atomic mass is 16.6. The van der Waals surface area contributed by atoms with Gasteiger partial charge in [-0.3, -0.25) is 9.59 Å². The molecule has 0 spiro atoms. The van der Waals surface area contributed by atoms with Gasteiger partial charge in [-0.2, -0.15) is 0 Å². The molecule has 3 fully saturated rings. The Morgan fingerprint density at radius 2 is 2.05 bits per heavy atom. The first kappa shape index (κ1) is 14.0. The Hall–Kier alpha value is -0.940. The van der Waals surface area contributed by atoms with E-state index in [-0.39, 0.29) is 17.9 Å². The molecule has 5 heteroatoms. The highest BCUT2D eigenvalue weighted by Gasteiger charge is 2.40. The van der Waals surface area contributed by atoms with Crippen LogP contribution < -0.4 is 0 Å². The Balaban J connectivity index is 1.71. The monoisotopic (exact) mass is 281 g/mol. The molecule has 3 rings (SSSR count). The molecule has 0 radical (unpaired) electrons. The summed E-state index contributed by atoms with van der Waals surface area (Å²) in [5.41, 5.74) is 0. The van der Waals surface area contributed by atoms with E-state index in [1.165, 1.54) is 0 Å². The zero-order valence-corrected chi connectivity index (χ0v) is 11.9. The summed E-state index contributed by atoms with van der Waals surface area (Å²) in [6.45, 7) is 2.15. The molecule has 3 atom stereocenters. The molecule has 1 aliphatic carbocycles. The first-order valence-corrected chi connectivity index (χ1v) is 7.80. The van der Waals surface area contributed by atoms with Gasteiger partial charge in [-0.15, -0.1) is 0 Å². The lowest BCUT2D eigenvalue weighted by Gasteiger charge is -2.40. The molecular weight excluding hydrogens is 258 g/mol. The van der Waals surface area contributed by atoms with Crippen LogP contribution in [0.15, 0.2) is 0 Å². The maximum atomic E-state index is 12.6. The van der Waals surface area contributed by atoms with Crippen LogP contribution in [0.2, 0.25) is 0 Å². The molecule has 2 aliphatic heterocycles. The fourth-order valence-corrected chi connectivity index (χ4v) is 3.71. The molecule has 1 saturated carbocycles. The summed E-state index contributed by atoms with van der Waals surface area (Å²) in [5, 5.41) is 0. The van der Waals surface area contributed by atoms with Crippen LogP contribution in [0.4, 0.5) is 0 Å². The van der Waals surface area contributed by atoms with Gasteiger partial charge in [-0.05, 0) is 32.1 Å². The Morgan fingerprint density at radius 3 is 2.75 bits per heavy atom. The number of nitrogens with zero attached hydrogens (tertiary/aromatic N) is 1. The van der Waals surface area contributed by atoms with Gasteiger partial charge in [0, 0.05) is 24.9 Å². The van der Waals surface area contributed by atoms with E-state index in [0.29, 0.717) is 32.0 Å². The second kappa shape index (κ2) is 6.22. The van der Waals surface area contributed by atoms with Gasteiger partial charge >= 0.3 is 0 Å². The van der Waals surface area contributed by atoms with Crippen LogP contribution >= 0.6 is 0 Å². The molecule has 3 unspecified atom stereocenters. The number of piperidine rings is 1. The molecule has 0 N–H and O–H groups in total. The van der Waals surface area contributed by atoms with Crippen molar-refractivity contribution in [2.75, 3.05) is 26.4 Å². The summed E-state index contributed by atoms with van der Waals surface area (Å²) in [4.78, 5) is 26.6. The average Bonchev–Trinajstić information content (AvgIpc) is 2.93. The number of Topliss-reactive ketones (excluding diaryl/α,β-unsaturated/α-hetero) is 1. The van der Waals surface area contributed by atoms with Crippen molar-refractivity contribution in [1.82, 2.24) is 4.90 Å². The Morgan fingerprint density at radius 1 is 1.15 bits per heavy atom. The Kier molecular flexibility index (Phi) is 4.36. The number of carbonyl (C=O) groups excluding carboxylic acids is 2. The van der Waals surface area contributed by atoms with Gasteiger partial charge in [0.1, 0.15) is 5.78 Å². The third-order valence-corrected chi connectivity index (χ3v) is 4.74. The summed E-state index contributed by atoms with van der Waals surface area (Å²) < 4.78 is 10.9. The maximum absolute atomic E-state index is 12.6. The number of hydrogen-bond donors (Lipinski definition) is 0. The topological polar surface area (TPSA) is 55.8 Å². The van der Waals surface area contributed by atoms with Crippen LogP contribution in [0.3, 0.4) is 0 Å². The minimum absolute atomic E-state index is 0.0223. The van der Waals surface area contributed by atoms with Crippen molar-refractivity contribution in [1.29, 1.82) is 0 Å². The first-order valence-electron chi connectivity index (χ1n) is 7.80. The van der Waals surface area contributed by atoms with Crippen LogP contribution in [0, 0.1) is 5.92 Å². The van der Waals surface area contributed by atoms with E-state index in [2.05, 4.69) is 0 Å². The minimum Gasteiger partial charge on any atom is -0.376 e. The zero-order chi connectivity index (χ0) is 13.9. The van der Waals surface area contributed by atoms with Gasteiger partial charge in [0.05, 0.1) is 19.8 Å². The second-order valence-corrected chi connectivity index (χ2v) is 5.99. The fraction of sp³-hybridized carbons (Fsp3) is 0.867. The molecule has 0 aromatic carbocycles. The van der Waals surface area contributed by atoms with E-state index >= 15 is 0 Å². The Bertz CT molecular complexity index is 378. The fourth-order valence-electron chi connectivity index (χ4n) is 3.71. The van der Waals surface area contributed by atoms with Gasteiger partial charge in [0.2, 0.25) is 0 Å². The molecule has 0 aromatic rings. The molecule has 20 heavy (non-hydrogen) atoms. The van der Waals surface area contributed by atoms with Crippen molar-refractivity contribution < 1.29 is 19.1 Å². The number of carbonyl (C=O) groups is 2. The number of hydrogen-bond acceptors (Lipinski definition) is 4. The lowest BCUT2D eigenvalue weighted by Crippen LogP contribution is -2.54. The predicted molar refractivity (Wildman–Crippen MR) is 72.3 cm³/mol. The van der Waals surface area contributed by atoms with E-state index in [4.69, 9.17) is 9.47 Å². The number of amides is 1. The normalized spacial score (nSPS) is 35.3. The lowest BCUT2D eigenvalue weighted by atomic mass is 9.88. The van der Waals surface area contributed by atoms with Gasteiger partial charge in [0.15, 0.2) is 6.10 Å². The van der Waals surface area contributed by atoms with Crippen molar-refractivity contribution in [2.45, 2.75) is 50.7 Å². The molecule has 2 saturated heterocycles. The smallest absolute Gasteiger partial charge is 0.254 e. The van der Waals surface area contributed by atoms with E-state index in [1.54, 1.807) is 0 Å². The quantitative estimate of drug-likeness (QED) is 0.762. The van der Waals surface area contributed by atoms with Crippen LogP contribution in [0.5, 0.6) is 0 Å². The summed E-state index contributed by atoms with van der Waals surface area (Å²) in [5.74, 6) is 0.424. The number of likely N-dealkylation sites (tertiary alicyclic amines) is 1. The highest BCUT2D eigenvalue weighted by Crippen LogP contribution is 2.33. The predicted octanol–water partition coefficient (Wildman–Crippen LogP) is 1.15. The second-order valence-electron chi connectivity index (χ2n) is 5.99. The van der Waals surface area contributed by atoms with E-state index in [9.17, 15) is 9.59 Å². The lowest BCUT2D eigenvalue weighted by molar-refractivity contribution is -0.163. The van der Waals surface area contributed by atoms with Gasteiger partial charge in [-0.1, -0.05) is 0 Å². The zero-order valence-electron chi connectivity index (χ0n) is 11.9. The number of rotatable bonds is 2. The van der Waals surface area contributed by atoms with Crippen LogP contribution in [-0.2, 0) is 19.1 Å². The highest BCUT2D eigenvalue weighted by molar-refractivity contribution is 5.86. The average molecular weight is 281 g/mol. The van der Waals surface area contributed by atoms with E-state index in [0.717, 1.165) is 38.6 Å². The van der Waals surface area contributed by atoms with Crippen molar-refractivity contribution in [2.24, 2.45) is 5.92 Å². The molecule has 5 nitrogen and oxygen atoms in total. The largest absolute Gasteiger partial charge is 0.376 e. The van der Waals surface area contributed by atoms with Crippen LogP contribution in [-0.4, -0.2) is 55.1 Å². The summed E-state index contributed by atoms with van der Waals surface area (Å²) in [6.07, 6.45) is 5.22. The first-order chi connectivity index (χ1) is 9.77. The van der Waals surface area contributed by atoms with Gasteiger partial charge in [-0.25, -0.2) is 0 Å². The third kappa shape index (κ3) is 2.74. The van der Waals surface area contributed by atoms with Gasteiger partial charge < -0.3 is 14.4 Å². The van der Waals surface area contributed by atoms with E-state index < -0.39 is 6.10 Å². The molecule has 1 amide bonds. The molecule has 3 aliphatic rings. The molecule has 0 bridgehead atoms. The molecule has 0 aromatic heterocycles. The standard InChI is InChI=1S/C15H23NO4/c17-13-6-3-4-11(13)12-5-1-2-7-16(12)15(18)14-10-19-8-9-20-14/h11-12,14H,1-10H2. The Labute approximate surface area is 119 Å². The van der Waals surface area contributed by atoms with Crippen molar-refractivity contribution in [3.8, 4) is 0 Å². The molecule has 112 valence electrons. The summed E-state index contributed by atoms with van der Waals surface area (Å²) in [7, 11) is 0. The summed E-state index contributed by atoms with van der Waals surface area (Å²) >= 11 is 0.